The normalized spacial score (nSPS) is 17.5. The van der Waals surface area contributed by atoms with E-state index in [4.69, 9.17) is 4.74 Å². The minimum atomic E-state index is 0.0318. The van der Waals surface area contributed by atoms with Crippen LogP contribution in [0.3, 0.4) is 0 Å². The molecule has 1 heterocycles. The molecular weight excluding hydrogens is 336 g/mol. The lowest BCUT2D eigenvalue weighted by Crippen LogP contribution is -2.37. The molecule has 1 N–H and O–H groups in total. The Bertz CT molecular complexity index is 760. The first-order chi connectivity index (χ1) is 13.2. The number of nitrogens with one attached hydrogen (secondary N) is 1. The number of carbonyl (C=O) groups is 1. The van der Waals surface area contributed by atoms with Gasteiger partial charge in [-0.25, -0.2) is 0 Å². The van der Waals surface area contributed by atoms with Gasteiger partial charge in [-0.2, -0.15) is 0 Å². The van der Waals surface area contributed by atoms with Crippen LogP contribution < -0.4 is 10.1 Å². The molecule has 4 nitrogen and oxygen atoms in total. The molecule has 0 saturated carbocycles. The third kappa shape index (κ3) is 5.57. The summed E-state index contributed by atoms with van der Waals surface area (Å²) < 4.78 is 5.23. The van der Waals surface area contributed by atoms with Gasteiger partial charge in [0, 0.05) is 19.1 Å². The number of methoxy groups -OCH3 is 1. The quantitative estimate of drug-likeness (QED) is 0.807. The van der Waals surface area contributed by atoms with Crippen LogP contribution in [0.2, 0.25) is 0 Å². The van der Waals surface area contributed by atoms with E-state index in [0.717, 1.165) is 24.4 Å². The molecule has 0 aliphatic carbocycles. The van der Waals surface area contributed by atoms with Crippen LogP contribution in [-0.2, 0) is 24.3 Å². The van der Waals surface area contributed by atoms with Gasteiger partial charge in [-0.3, -0.25) is 9.69 Å². The second kappa shape index (κ2) is 9.56. The summed E-state index contributed by atoms with van der Waals surface area (Å²) in [5, 5.41) is 3.08. The van der Waals surface area contributed by atoms with Gasteiger partial charge >= 0.3 is 0 Å². The Kier molecular flexibility index (Phi) is 6.88. The van der Waals surface area contributed by atoms with Gasteiger partial charge in [-0.05, 0) is 55.1 Å². The van der Waals surface area contributed by atoms with Crippen molar-refractivity contribution >= 4 is 5.91 Å². The Balaban J connectivity index is 1.58. The van der Waals surface area contributed by atoms with Gasteiger partial charge in [0.2, 0.25) is 5.91 Å². The van der Waals surface area contributed by atoms with Crippen molar-refractivity contribution in [1.29, 1.82) is 0 Å². The van der Waals surface area contributed by atoms with E-state index < -0.39 is 0 Å². The van der Waals surface area contributed by atoms with Gasteiger partial charge in [0.25, 0.3) is 0 Å². The molecule has 4 heteroatoms. The molecule has 1 atom stereocenters. The summed E-state index contributed by atoms with van der Waals surface area (Å²) in [7, 11) is 1.64. The highest BCUT2D eigenvalue weighted by atomic mass is 16.5. The Morgan fingerprint density at radius 2 is 1.96 bits per heavy atom. The highest BCUT2D eigenvalue weighted by molar-refractivity contribution is 5.78. The average molecular weight is 367 g/mol. The lowest BCUT2D eigenvalue weighted by molar-refractivity contribution is -0.120. The Hall–Kier alpha value is -2.33. The molecule has 2 aromatic rings. The summed E-state index contributed by atoms with van der Waals surface area (Å²) in [6.07, 6.45) is 4.26. The fourth-order valence-corrected chi connectivity index (χ4v) is 3.72. The maximum Gasteiger partial charge on any atom is 0.224 e. The van der Waals surface area contributed by atoms with Crippen molar-refractivity contribution in [1.82, 2.24) is 10.2 Å². The second-order valence-electron chi connectivity index (χ2n) is 7.39. The summed E-state index contributed by atoms with van der Waals surface area (Å²) in [5.74, 6) is 0.811. The smallest absolute Gasteiger partial charge is 0.224 e. The minimum Gasteiger partial charge on any atom is -0.497 e. The van der Waals surface area contributed by atoms with Gasteiger partial charge in [0.15, 0.2) is 0 Å². The lowest BCUT2D eigenvalue weighted by atomic mass is 10.0. The van der Waals surface area contributed by atoms with Crippen LogP contribution in [0.15, 0.2) is 48.5 Å². The molecule has 1 unspecified atom stereocenters. The molecule has 3 rings (SSSR count). The number of ether oxygens (including phenoxy) is 1. The zero-order valence-electron chi connectivity index (χ0n) is 16.4. The lowest BCUT2D eigenvalue weighted by Gasteiger charge is -2.33. The maximum atomic E-state index is 12.4. The number of hydrogen-bond donors (Lipinski definition) is 1. The predicted octanol–water partition coefficient (Wildman–Crippen LogP) is 3.93. The molecule has 1 aliphatic rings. The molecule has 0 spiro atoms. The third-order valence-corrected chi connectivity index (χ3v) is 5.41. The Morgan fingerprint density at radius 1 is 1.15 bits per heavy atom. The van der Waals surface area contributed by atoms with E-state index in [1.165, 1.54) is 30.4 Å². The van der Waals surface area contributed by atoms with Crippen molar-refractivity contribution < 1.29 is 9.53 Å². The molecular formula is C23H30N2O2. The van der Waals surface area contributed by atoms with Gasteiger partial charge < -0.3 is 10.1 Å². The Morgan fingerprint density at radius 3 is 2.74 bits per heavy atom. The van der Waals surface area contributed by atoms with E-state index in [1.54, 1.807) is 7.11 Å². The van der Waals surface area contributed by atoms with Crippen molar-refractivity contribution in [2.75, 3.05) is 13.7 Å². The predicted molar refractivity (Wildman–Crippen MR) is 109 cm³/mol. The average Bonchev–Trinajstić information content (AvgIpc) is 2.69. The molecule has 1 amide bonds. The number of likely N-dealkylation sites (tertiary alicyclic amines) is 1. The maximum absolute atomic E-state index is 12.4. The van der Waals surface area contributed by atoms with Crippen molar-refractivity contribution in [2.24, 2.45) is 0 Å². The van der Waals surface area contributed by atoms with E-state index in [9.17, 15) is 4.79 Å². The molecule has 0 bridgehead atoms. The molecule has 144 valence electrons. The first-order valence-corrected chi connectivity index (χ1v) is 9.86. The van der Waals surface area contributed by atoms with Crippen LogP contribution in [0.1, 0.15) is 42.9 Å². The van der Waals surface area contributed by atoms with Crippen molar-refractivity contribution in [3.63, 3.8) is 0 Å². The van der Waals surface area contributed by atoms with Gasteiger partial charge in [-0.1, -0.05) is 42.8 Å². The summed E-state index contributed by atoms with van der Waals surface area (Å²) in [6.45, 7) is 5.01. The third-order valence-electron chi connectivity index (χ3n) is 5.41. The van der Waals surface area contributed by atoms with Crippen molar-refractivity contribution in [2.45, 2.75) is 51.7 Å². The molecule has 1 aliphatic heterocycles. The fourth-order valence-electron chi connectivity index (χ4n) is 3.72. The van der Waals surface area contributed by atoms with Crippen molar-refractivity contribution in [3.8, 4) is 5.75 Å². The zero-order chi connectivity index (χ0) is 19.1. The number of amides is 1. The standard InChI is InChI=1S/C23H30N2O2/c1-18-8-5-6-13-25(18)17-21-11-4-3-10-20(21)16-24-23(26)15-19-9-7-12-22(14-19)27-2/h3-4,7,9-12,14,18H,5-6,8,13,15-17H2,1-2H3,(H,24,26). The second-order valence-corrected chi connectivity index (χ2v) is 7.39. The molecule has 0 aromatic heterocycles. The highest BCUT2D eigenvalue weighted by Crippen LogP contribution is 2.21. The number of piperidine rings is 1. The van der Waals surface area contributed by atoms with Crippen LogP contribution in [0.5, 0.6) is 5.75 Å². The van der Waals surface area contributed by atoms with Crippen LogP contribution in [0.4, 0.5) is 0 Å². The number of benzene rings is 2. The van der Waals surface area contributed by atoms with E-state index in [2.05, 4.69) is 35.3 Å². The van der Waals surface area contributed by atoms with Crippen molar-refractivity contribution in [3.05, 3.63) is 65.2 Å². The van der Waals surface area contributed by atoms with Gasteiger partial charge in [-0.15, -0.1) is 0 Å². The van der Waals surface area contributed by atoms with E-state index in [1.807, 2.05) is 30.3 Å². The van der Waals surface area contributed by atoms with Crippen LogP contribution in [0.25, 0.3) is 0 Å². The monoisotopic (exact) mass is 366 g/mol. The largest absolute Gasteiger partial charge is 0.497 e. The summed E-state index contributed by atoms with van der Waals surface area (Å²) in [6, 6.07) is 16.7. The van der Waals surface area contributed by atoms with E-state index >= 15 is 0 Å². The first-order valence-electron chi connectivity index (χ1n) is 9.86. The number of carbonyl (C=O) groups excluding carboxylic acids is 1. The summed E-state index contributed by atoms with van der Waals surface area (Å²) in [5.41, 5.74) is 3.48. The molecule has 0 radical (unpaired) electrons. The SMILES string of the molecule is COc1cccc(CC(=O)NCc2ccccc2CN2CCCCC2C)c1. The highest BCUT2D eigenvalue weighted by Gasteiger charge is 2.19. The number of hydrogen-bond acceptors (Lipinski definition) is 3. The van der Waals surface area contributed by atoms with Crippen LogP contribution in [-0.4, -0.2) is 30.5 Å². The van der Waals surface area contributed by atoms with Crippen LogP contribution in [0, 0.1) is 0 Å². The molecule has 1 fully saturated rings. The molecule has 1 saturated heterocycles. The first kappa shape index (κ1) is 19.4. The molecule has 27 heavy (non-hydrogen) atoms. The number of rotatable bonds is 7. The fraction of sp³-hybridized carbons (Fsp3) is 0.435. The van der Waals surface area contributed by atoms with Gasteiger partial charge in [0.1, 0.15) is 5.75 Å². The Labute approximate surface area is 162 Å². The topological polar surface area (TPSA) is 41.6 Å². The minimum absolute atomic E-state index is 0.0318. The zero-order valence-corrected chi connectivity index (χ0v) is 16.4. The molecule has 2 aromatic carbocycles. The van der Waals surface area contributed by atoms with E-state index in [-0.39, 0.29) is 5.91 Å². The summed E-state index contributed by atoms with van der Waals surface area (Å²) in [4.78, 5) is 14.9. The van der Waals surface area contributed by atoms with Crippen LogP contribution >= 0.6 is 0 Å². The number of nitrogens with zero attached hydrogens (tertiary/aromatic N) is 1. The van der Waals surface area contributed by atoms with Gasteiger partial charge in [0.05, 0.1) is 13.5 Å². The van der Waals surface area contributed by atoms with E-state index in [0.29, 0.717) is 19.0 Å². The summed E-state index contributed by atoms with van der Waals surface area (Å²) >= 11 is 0.